The third kappa shape index (κ3) is 3.67. The Balaban J connectivity index is 1.97. The molecular formula is C13H14N2O5S. The first-order chi connectivity index (χ1) is 10.0. The molecule has 0 fully saturated rings. The molecule has 0 saturated carbocycles. The van der Waals surface area contributed by atoms with Gasteiger partial charge in [0.15, 0.2) is 0 Å². The number of nitrogens with zero attached hydrogens (tertiary/aromatic N) is 1. The van der Waals surface area contributed by atoms with Crippen LogP contribution in [0.2, 0.25) is 0 Å². The number of nitrogens with one attached hydrogen (secondary N) is 1. The normalized spacial score (nSPS) is 10.6. The fourth-order valence-electron chi connectivity index (χ4n) is 1.71. The highest BCUT2D eigenvalue weighted by atomic mass is 32.1. The second-order valence-corrected chi connectivity index (χ2v) is 5.17. The van der Waals surface area contributed by atoms with E-state index in [-0.39, 0.29) is 18.0 Å². The Kier molecular flexibility index (Phi) is 4.71. The van der Waals surface area contributed by atoms with Gasteiger partial charge in [0.2, 0.25) is 0 Å². The molecule has 0 spiro atoms. The van der Waals surface area contributed by atoms with Crippen LogP contribution in [0.5, 0.6) is 0 Å². The molecule has 0 aliphatic rings. The molecule has 0 radical (unpaired) electrons. The lowest BCUT2D eigenvalue weighted by Gasteiger charge is -2.00. The van der Waals surface area contributed by atoms with Gasteiger partial charge in [-0.15, -0.1) is 11.3 Å². The van der Waals surface area contributed by atoms with Crippen molar-refractivity contribution in [2.45, 2.75) is 20.1 Å². The quantitative estimate of drug-likeness (QED) is 0.844. The number of hydrogen-bond acceptors (Lipinski definition) is 6. The molecule has 21 heavy (non-hydrogen) atoms. The lowest BCUT2D eigenvalue weighted by molar-refractivity contribution is 0.0694. The number of aromatic nitrogens is 1. The second-order valence-electron chi connectivity index (χ2n) is 4.23. The summed E-state index contributed by atoms with van der Waals surface area (Å²) in [5.41, 5.74) is 0.393. The molecule has 0 atom stereocenters. The fourth-order valence-corrected chi connectivity index (χ4v) is 2.45. The van der Waals surface area contributed by atoms with Crippen LogP contribution in [0.4, 0.5) is 0 Å². The number of rotatable bonds is 6. The molecule has 2 rings (SSSR count). The summed E-state index contributed by atoms with van der Waals surface area (Å²) in [6.45, 7) is 2.02. The third-order valence-electron chi connectivity index (χ3n) is 2.67. The van der Waals surface area contributed by atoms with Crippen molar-refractivity contribution in [2.24, 2.45) is 0 Å². The van der Waals surface area contributed by atoms with Gasteiger partial charge in [-0.25, -0.2) is 9.78 Å². The Labute approximate surface area is 124 Å². The van der Waals surface area contributed by atoms with E-state index in [0.717, 1.165) is 0 Å². The van der Waals surface area contributed by atoms with E-state index >= 15 is 0 Å². The minimum atomic E-state index is -1.06. The fraction of sp³-hybridized carbons (Fsp3) is 0.308. The number of furan rings is 1. The smallest absolute Gasteiger partial charge is 0.339 e. The summed E-state index contributed by atoms with van der Waals surface area (Å²) in [5, 5.41) is 13.9. The summed E-state index contributed by atoms with van der Waals surface area (Å²) in [6, 6.07) is 1.40. The van der Waals surface area contributed by atoms with E-state index in [4.69, 9.17) is 14.3 Å². The zero-order valence-corrected chi connectivity index (χ0v) is 12.3. The number of ether oxygens (including phenoxy) is 1. The number of hydrogen-bond donors (Lipinski definition) is 2. The van der Waals surface area contributed by atoms with Crippen molar-refractivity contribution >= 4 is 23.2 Å². The Morgan fingerprint density at radius 2 is 2.29 bits per heavy atom. The van der Waals surface area contributed by atoms with Gasteiger partial charge in [-0.05, 0) is 13.0 Å². The zero-order valence-electron chi connectivity index (χ0n) is 11.5. The Morgan fingerprint density at radius 3 is 2.90 bits per heavy atom. The monoisotopic (exact) mass is 310 g/mol. The highest BCUT2D eigenvalue weighted by Gasteiger charge is 2.15. The van der Waals surface area contributed by atoms with Gasteiger partial charge in [0.05, 0.1) is 13.2 Å². The van der Waals surface area contributed by atoms with E-state index in [1.807, 2.05) is 0 Å². The number of carbonyl (C=O) groups excluding carboxylic acids is 1. The van der Waals surface area contributed by atoms with Crippen molar-refractivity contribution in [1.29, 1.82) is 0 Å². The first-order valence-electron chi connectivity index (χ1n) is 6.05. The van der Waals surface area contributed by atoms with Crippen molar-refractivity contribution in [2.75, 3.05) is 7.11 Å². The van der Waals surface area contributed by atoms with Gasteiger partial charge < -0.3 is 19.6 Å². The Bertz CT molecular complexity index is 661. The van der Waals surface area contributed by atoms with Crippen LogP contribution < -0.4 is 5.32 Å². The van der Waals surface area contributed by atoms with Crippen molar-refractivity contribution in [3.8, 4) is 0 Å². The van der Waals surface area contributed by atoms with Crippen LogP contribution in [0, 0.1) is 6.92 Å². The SMILES string of the molecule is COCc1nc(C(=O)NCc2cc(C(=O)O)c(C)o2)cs1. The molecular weight excluding hydrogens is 296 g/mol. The molecule has 0 bridgehead atoms. The zero-order chi connectivity index (χ0) is 15.4. The summed E-state index contributed by atoms with van der Waals surface area (Å²) < 4.78 is 10.2. The van der Waals surface area contributed by atoms with Gasteiger partial charge in [0.1, 0.15) is 27.8 Å². The molecule has 2 N–H and O–H groups in total. The molecule has 2 aromatic rings. The van der Waals surface area contributed by atoms with E-state index in [0.29, 0.717) is 28.8 Å². The molecule has 0 unspecified atom stereocenters. The minimum Gasteiger partial charge on any atom is -0.478 e. The summed E-state index contributed by atoms with van der Waals surface area (Å²) in [7, 11) is 1.56. The van der Waals surface area contributed by atoms with Crippen molar-refractivity contribution < 1.29 is 23.8 Å². The number of aromatic carboxylic acids is 1. The van der Waals surface area contributed by atoms with Crippen molar-refractivity contribution in [3.63, 3.8) is 0 Å². The maximum Gasteiger partial charge on any atom is 0.339 e. The lowest BCUT2D eigenvalue weighted by Crippen LogP contribution is -2.22. The number of carbonyl (C=O) groups is 2. The first kappa shape index (κ1) is 15.2. The minimum absolute atomic E-state index is 0.0929. The van der Waals surface area contributed by atoms with Gasteiger partial charge in [-0.2, -0.15) is 0 Å². The number of carboxylic acid groups (broad SMARTS) is 1. The highest BCUT2D eigenvalue weighted by Crippen LogP contribution is 2.15. The van der Waals surface area contributed by atoms with E-state index < -0.39 is 5.97 Å². The highest BCUT2D eigenvalue weighted by molar-refractivity contribution is 7.09. The topological polar surface area (TPSA) is 102 Å². The number of aryl methyl sites for hydroxylation is 1. The predicted octanol–water partition coefficient (Wildman–Crippen LogP) is 1.82. The predicted molar refractivity (Wildman–Crippen MR) is 74.4 cm³/mol. The second kappa shape index (κ2) is 6.51. The summed E-state index contributed by atoms with van der Waals surface area (Å²) in [6.07, 6.45) is 0. The number of thiazole rings is 1. The summed E-state index contributed by atoms with van der Waals surface area (Å²) in [5.74, 6) is -0.717. The van der Waals surface area contributed by atoms with Crippen LogP contribution in [-0.2, 0) is 17.9 Å². The maximum absolute atomic E-state index is 11.9. The lowest BCUT2D eigenvalue weighted by atomic mass is 10.2. The average molecular weight is 310 g/mol. The molecule has 1 amide bonds. The van der Waals surface area contributed by atoms with Crippen LogP contribution >= 0.6 is 11.3 Å². The molecule has 112 valence electrons. The van der Waals surface area contributed by atoms with Gasteiger partial charge >= 0.3 is 5.97 Å². The largest absolute Gasteiger partial charge is 0.478 e. The summed E-state index contributed by atoms with van der Waals surface area (Å²) >= 11 is 1.34. The van der Waals surface area contributed by atoms with Crippen LogP contribution in [0.15, 0.2) is 15.9 Å². The molecule has 8 heteroatoms. The average Bonchev–Trinajstić information content (AvgIpc) is 3.03. The molecule has 2 aromatic heterocycles. The first-order valence-corrected chi connectivity index (χ1v) is 6.93. The number of amides is 1. The molecule has 0 aliphatic heterocycles. The van der Waals surface area contributed by atoms with E-state index in [9.17, 15) is 9.59 Å². The Hall–Kier alpha value is -2.19. The van der Waals surface area contributed by atoms with Crippen molar-refractivity contribution in [3.05, 3.63) is 39.2 Å². The molecule has 7 nitrogen and oxygen atoms in total. The number of methoxy groups -OCH3 is 1. The summed E-state index contributed by atoms with van der Waals surface area (Å²) in [4.78, 5) is 26.9. The van der Waals surface area contributed by atoms with Crippen LogP contribution in [0.25, 0.3) is 0 Å². The van der Waals surface area contributed by atoms with Gasteiger partial charge in [-0.3, -0.25) is 4.79 Å². The molecule has 0 saturated heterocycles. The number of carboxylic acids is 1. The van der Waals surface area contributed by atoms with Gasteiger partial charge in [0, 0.05) is 12.5 Å². The maximum atomic E-state index is 11.9. The van der Waals surface area contributed by atoms with Crippen LogP contribution in [0.3, 0.4) is 0 Å². The van der Waals surface area contributed by atoms with Gasteiger partial charge in [-0.1, -0.05) is 0 Å². The van der Waals surface area contributed by atoms with Crippen molar-refractivity contribution in [1.82, 2.24) is 10.3 Å². The molecule has 0 aromatic carbocycles. The molecule has 0 aliphatic carbocycles. The van der Waals surface area contributed by atoms with Gasteiger partial charge in [0.25, 0.3) is 5.91 Å². The van der Waals surface area contributed by atoms with E-state index in [1.165, 1.54) is 17.4 Å². The van der Waals surface area contributed by atoms with E-state index in [2.05, 4.69) is 10.3 Å². The van der Waals surface area contributed by atoms with Crippen LogP contribution in [0.1, 0.15) is 37.4 Å². The van der Waals surface area contributed by atoms with Crippen LogP contribution in [-0.4, -0.2) is 29.1 Å². The van der Waals surface area contributed by atoms with E-state index in [1.54, 1.807) is 19.4 Å². The standard InChI is InChI=1S/C13H14N2O5S/c1-7-9(13(17)18)3-8(20-7)4-14-12(16)10-6-21-11(15-10)5-19-2/h3,6H,4-5H2,1-2H3,(H,14,16)(H,17,18). The molecule has 2 heterocycles. The third-order valence-corrected chi connectivity index (χ3v) is 3.50. The Morgan fingerprint density at radius 1 is 1.52 bits per heavy atom.